The van der Waals surface area contributed by atoms with Crippen molar-refractivity contribution in [2.75, 3.05) is 6.61 Å². The highest BCUT2D eigenvalue weighted by Crippen LogP contribution is 2.68. The summed E-state index contributed by atoms with van der Waals surface area (Å²) in [5.74, 6) is 3.39. The Morgan fingerprint density at radius 2 is 1.85 bits per heavy atom. The van der Waals surface area contributed by atoms with E-state index in [1.54, 1.807) is 6.92 Å². The molecular weight excluding hydrogens is 614 g/mol. The second kappa shape index (κ2) is 13.7. The molecule has 4 saturated carbocycles. The maximum Gasteiger partial charge on any atom is 0.330 e. The van der Waals surface area contributed by atoms with E-state index in [1.807, 2.05) is 0 Å². The molecule has 12 heteroatoms. The van der Waals surface area contributed by atoms with Gasteiger partial charge in [-0.15, -0.1) is 0 Å². The molecule has 264 valence electrons. The van der Waals surface area contributed by atoms with E-state index in [1.165, 1.54) is 56.2 Å². The first-order valence-electron chi connectivity index (χ1n) is 18.2. The molecule has 1 saturated heterocycles. The van der Waals surface area contributed by atoms with Crippen LogP contribution in [0.25, 0.3) is 10.4 Å². The average molecular weight is 668 g/mol. The minimum Gasteiger partial charge on any atom is -0.463 e. The van der Waals surface area contributed by atoms with E-state index >= 15 is 0 Å². The Morgan fingerprint density at radius 3 is 2.60 bits per heavy atom. The number of H-pyrrole nitrogens is 1. The summed E-state index contributed by atoms with van der Waals surface area (Å²) in [6, 6.07) is -0.613. The summed E-state index contributed by atoms with van der Waals surface area (Å²) in [7, 11) is 0. The number of azide groups is 1. The third kappa shape index (κ3) is 6.47. The minimum atomic E-state index is -0.744. The van der Waals surface area contributed by atoms with Crippen molar-refractivity contribution >= 4 is 11.9 Å². The molecule has 4 aliphatic carbocycles. The van der Waals surface area contributed by atoms with Crippen LogP contribution >= 0.6 is 0 Å². The number of nitrogens with one attached hydrogen (secondary N) is 1. The number of fused-ring (bicyclic) bond motifs is 5. The number of nitrogens with zero attached hydrogens (tertiary/aromatic N) is 4. The van der Waals surface area contributed by atoms with Crippen molar-refractivity contribution in [2.24, 2.45) is 51.5 Å². The minimum absolute atomic E-state index is 0.0713. The van der Waals surface area contributed by atoms with E-state index in [2.05, 4.69) is 35.8 Å². The second-order valence-corrected chi connectivity index (χ2v) is 16.2. The van der Waals surface area contributed by atoms with Crippen molar-refractivity contribution < 1.29 is 23.8 Å². The van der Waals surface area contributed by atoms with E-state index in [0.717, 1.165) is 43.4 Å². The lowest BCUT2D eigenvalue weighted by Gasteiger charge is -2.61. The van der Waals surface area contributed by atoms with Gasteiger partial charge in [-0.3, -0.25) is 23.9 Å². The number of carbonyl (C=O) groups excluding carboxylic acids is 2. The van der Waals surface area contributed by atoms with Crippen LogP contribution in [0.2, 0.25) is 0 Å². The second-order valence-electron chi connectivity index (χ2n) is 16.2. The number of hydrogen-bond donors (Lipinski definition) is 1. The van der Waals surface area contributed by atoms with Gasteiger partial charge in [-0.1, -0.05) is 25.9 Å². The molecule has 0 amide bonds. The number of hydrogen-bond acceptors (Lipinski definition) is 8. The van der Waals surface area contributed by atoms with E-state index in [0.29, 0.717) is 35.2 Å². The van der Waals surface area contributed by atoms with Crippen molar-refractivity contribution in [2.45, 2.75) is 136 Å². The summed E-state index contributed by atoms with van der Waals surface area (Å²) >= 11 is 0. The Balaban J connectivity index is 1.02. The van der Waals surface area contributed by atoms with E-state index in [9.17, 15) is 19.2 Å². The number of aromatic nitrogens is 2. The summed E-state index contributed by atoms with van der Waals surface area (Å²) in [5.41, 5.74) is 9.01. The third-order valence-corrected chi connectivity index (χ3v) is 13.8. The van der Waals surface area contributed by atoms with E-state index in [4.69, 9.17) is 19.7 Å². The fourth-order valence-electron chi connectivity index (χ4n) is 11.4. The Morgan fingerprint density at radius 1 is 1.10 bits per heavy atom. The molecule has 0 unspecified atom stereocenters. The standard InChI is InChI=1S/C36H53N5O7/c1-20(6-11-32(43)46-19-30-29(39-40-37)17-31(48-30)41-18-21(2)33(44)38-34(41)45)26-9-10-27-25-8-7-23-16-24(47-22(3)42)12-14-35(23,4)28(25)13-15-36(26,27)5/h18,20,23-31H,6-17,19H2,1-5H3,(H,38,44,45)/t20-,23-,24-,25+,26-,27+,28+,29+,30-,31-,35+,36-/m1/s1. The van der Waals surface area contributed by atoms with Gasteiger partial charge in [-0.05, 0) is 123 Å². The topological polar surface area (TPSA) is 165 Å². The van der Waals surface area contributed by atoms with Crippen LogP contribution in [0.1, 0.15) is 117 Å². The number of aryl methyl sites for hydroxylation is 1. The van der Waals surface area contributed by atoms with Gasteiger partial charge in [0, 0.05) is 36.4 Å². The lowest BCUT2D eigenvalue weighted by atomic mass is 9.44. The smallest absolute Gasteiger partial charge is 0.330 e. The third-order valence-electron chi connectivity index (χ3n) is 13.8. The fraction of sp³-hybridized carbons (Fsp3) is 0.833. The predicted octanol–water partition coefficient (Wildman–Crippen LogP) is 6.36. The first-order valence-corrected chi connectivity index (χ1v) is 18.2. The lowest BCUT2D eigenvalue weighted by molar-refractivity contribution is -0.160. The zero-order valence-electron chi connectivity index (χ0n) is 29.2. The molecule has 0 radical (unpaired) electrons. The molecule has 12 atom stereocenters. The maximum atomic E-state index is 13.0. The molecule has 5 fully saturated rings. The summed E-state index contributed by atoms with van der Waals surface area (Å²) in [4.78, 5) is 54.0. The Labute approximate surface area is 282 Å². The highest BCUT2D eigenvalue weighted by Gasteiger charge is 2.60. The molecule has 48 heavy (non-hydrogen) atoms. The van der Waals surface area contributed by atoms with E-state index in [-0.39, 0.29) is 36.5 Å². The quantitative estimate of drug-likeness (QED) is 0.138. The molecule has 12 nitrogen and oxygen atoms in total. The molecule has 1 aromatic heterocycles. The summed E-state index contributed by atoms with van der Waals surface area (Å²) in [5, 5.41) is 3.83. The van der Waals surface area contributed by atoms with Gasteiger partial charge in [-0.25, -0.2) is 4.79 Å². The summed E-state index contributed by atoms with van der Waals surface area (Å²) < 4.78 is 18.6. The molecule has 1 N–H and O–H groups in total. The molecule has 2 heterocycles. The SMILES string of the molecule is CC(=O)O[C@@H]1CC[C@@]2(C)[C@H](CC[C@@H]3[C@@H]2CC[C@]2(C)[C@@H]([C@H](C)CCC(=O)OC[C@H]4O[C@@H](n5cc(C)c(=O)[nH]c5=O)C[C@@H]4N=[N+]=[N-])CC[C@@H]32)C1. The first kappa shape index (κ1) is 34.7. The Kier molecular flexibility index (Phi) is 9.88. The number of carbonyl (C=O) groups is 2. The largest absolute Gasteiger partial charge is 0.463 e. The van der Waals surface area contributed by atoms with E-state index < -0.39 is 29.6 Å². The van der Waals surface area contributed by atoms with Crippen LogP contribution in [0, 0.1) is 53.3 Å². The monoisotopic (exact) mass is 667 g/mol. The van der Waals surface area contributed by atoms with Crippen LogP contribution in [-0.2, 0) is 23.8 Å². The molecule has 0 spiro atoms. The molecule has 5 aliphatic rings. The predicted molar refractivity (Wildman–Crippen MR) is 178 cm³/mol. The van der Waals surface area contributed by atoms with Crippen molar-refractivity contribution in [3.63, 3.8) is 0 Å². The van der Waals surface area contributed by atoms with Crippen molar-refractivity contribution in [3.05, 3.63) is 43.0 Å². The first-order chi connectivity index (χ1) is 22.8. The van der Waals surface area contributed by atoms with Gasteiger partial charge >= 0.3 is 17.6 Å². The highest BCUT2D eigenvalue weighted by molar-refractivity contribution is 5.69. The number of ether oxygens (including phenoxy) is 3. The molecule has 0 aromatic carbocycles. The van der Waals surface area contributed by atoms with Crippen molar-refractivity contribution in [1.82, 2.24) is 9.55 Å². The fourth-order valence-corrected chi connectivity index (χ4v) is 11.4. The molecule has 6 rings (SSSR count). The molecule has 0 bridgehead atoms. The molecule has 1 aliphatic heterocycles. The Hall–Kier alpha value is -3.11. The van der Waals surface area contributed by atoms with Gasteiger partial charge in [0.05, 0.1) is 6.04 Å². The van der Waals surface area contributed by atoms with Gasteiger partial charge in [0.25, 0.3) is 5.56 Å². The average Bonchev–Trinajstić information content (AvgIpc) is 3.61. The number of rotatable bonds is 9. The van der Waals surface area contributed by atoms with Gasteiger partial charge in [0.15, 0.2) is 0 Å². The molecule has 1 aromatic rings. The van der Waals surface area contributed by atoms with Crippen LogP contribution in [0.15, 0.2) is 20.9 Å². The van der Waals surface area contributed by atoms with Gasteiger partial charge in [0.2, 0.25) is 0 Å². The zero-order valence-corrected chi connectivity index (χ0v) is 29.2. The van der Waals surface area contributed by atoms with Crippen LogP contribution in [0.5, 0.6) is 0 Å². The lowest BCUT2D eigenvalue weighted by Crippen LogP contribution is -2.54. The summed E-state index contributed by atoms with van der Waals surface area (Å²) in [6.07, 6.45) is 12.1. The van der Waals surface area contributed by atoms with Crippen LogP contribution < -0.4 is 11.2 Å². The van der Waals surface area contributed by atoms with Crippen LogP contribution in [0.4, 0.5) is 0 Å². The Bertz CT molecular complexity index is 1550. The van der Waals surface area contributed by atoms with Crippen molar-refractivity contribution in [1.29, 1.82) is 0 Å². The van der Waals surface area contributed by atoms with Gasteiger partial charge in [-0.2, -0.15) is 0 Å². The zero-order chi connectivity index (χ0) is 34.4. The van der Waals surface area contributed by atoms with Gasteiger partial charge in [0.1, 0.15) is 25.0 Å². The summed E-state index contributed by atoms with van der Waals surface area (Å²) in [6.45, 7) is 10.4. The maximum absolute atomic E-state index is 13.0. The van der Waals surface area contributed by atoms with Gasteiger partial charge < -0.3 is 14.2 Å². The van der Waals surface area contributed by atoms with Crippen molar-refractivity contribution in [3.8, 4) is 0 Å². The highest BCUT2D eigenvalue weighted by atomic mass is 16.6. The van der Waals surface area contributed by atoms with Crippen LogP contribution in [-0.4, -0.2) is 46.3 Å². The van der Waals surface area contributed by atoms with Crippen LogP contribution in [0.3, 0.4) is 0 Å². The normalized spacial score (nSPS) is 39.3. The number of aromatic amines is 1. The number of esters is 2. The molecular formula is C36H53N5O7.